The number of carbonyl (C=O) groups excluding carboxylic acids is 19. The second-order valence-corrected chi connectivity index (χ2v) is 43.1. The number of likely N-dealkylation sites (tertiary alicyclic amines) is 2. The van der Waals surface area contributed by atoms with Gasteiger partial charge in [-0.2, -0.15) is 0 Å². The van der Waals surface area contributed by atoms with Crippen LogP contribution >= 0.6 is 0 Å². The van der Waals surface area contributed by atoms with Crippen molar-refractivity contribution in [2.24, 2.45) is 81.8 Å². The van der Waals surface area contributed by atoms with Crippen LogP contribution in [-0.4, -0.2) is 200 Å². The molecule has 32 nitrogen and oxygen atoms in total. The molecule has 11 aliphatic rings. The highest BCUT2D eigenvalue weighted by atomic mass is 16.2. The smallest absolute Gasteiger partial charge is 0.270 e. The fourth-order valence-electron chi connectivity index (χ4n) is 22.4. The first-order chi connectivity index (χ1) is 68.8. The molecule has 144 heavy (non-hydrogen) atoms. The van der Waals surface area contributed by atoms with E-state index in [1.54, 1.807) is 78.5 Å². The number of hydrogen-bond acceptors (Lipinski definition) is 24. The standard InChI is InChI=1S/2C40H58N4O6.C17H12N2O4.C11H11N3O3.2C2H6/c2*1-6-11-27(36(48)34(47)18-25-16-17-25)19-33(46)35-29-15-10-14-28(29)23-44(35)39(50)37(40(3,4)5)43-38(49)30(26-12-8-7-9-13-26)20-32(45)31-22-41-24(2)21-42-31;20-13-8-7-12(15(21)18-13)19-16(22)10-5-1-3-9-4-2-6-11(14(9)10)17(19)23;15-9-5-4-8(11(17)14-9)13-10(16)7-3-1-2-6-12-7;2*1-2/h2*21-22,25-30,35,37H,6-20,23H2,1-5H3,(H,43,49);1-6,12H,7-8H2,(H,18,20,21);1-3,6,8H,4-5H2,(H,13,16)(H,14,15,17);2*1-2H3/t2*27-,28-,29-,30-,35-,37+;;;;/m00..../s1. The van der Waals surface area contributed by atoms with Crippen molar-refractivity contribution in [3.8, 4) is 0 Å². The fraction of sp³-hybridized carbons (Fsp3) is 0.625. The van der Waals surface area contributed by atoms with E-state index >= 15 is 0 Å². The fourth-order valence-corrected chi connectivity index (χ4v) is 22.4. The van der Waals surface area contributed by atoms with Crippen LogP contribution in [-0.2, 0) is 67.1 Å². The molecule has 0 bridgehead atoms. The van der Waals surface area contributed by atoms with Crippen LogP contribution in [0.25, 0.3) is 10.8 Å². The quantitative estimate of drug-likeness (QED) is 0.0143. The number of piperidine rings is 2. The first-order valence-electron chi connectivity index (χ1n) is 53.1. The van der Waals surface area contributed by atoms with E-state index in [2.05, 4.69) is 51.5 Å². The summed E-state index contributed by atoms with van der Waals surface area (Å²) in [5.74, 6) is -8.35. The summed E-state index contributed by atoms with van der Waals surface area (Å²) in [7, 11) is 0. The second-order valence-electron chi connectivity index (χ2n) is 43.1. The number of imide groups is 3. The number of nitrogens with one attached hydrogen (secondary N) is 5. The topological polar surface area (TPSA) is 459 Å². The average molecular weight is 1980 g/mol. The number of amides is 11. The molecule has 0 spiro atoms. The third-order valence-corrected chi connectivity index (χ3v) is 30.4. The van der Waals surface area contributed by atoms with Gasteiger partial charge in [-0.15, -0.1) is 0 Å². The van der Waals surface area contributed by atoms with Gasteiger partial charge < -0.3 is 25.8 Å². The van der Waals surface area contributed by atoms with Crippen LogP contribution in [0.2, 0.25) is 0 Å². The van der Waals surface area contributed by atoms with Crippen molar-refractivity contribution < 1.29 is 91.1 Å². The lowest BCUT2D eigenvalue weighted by molar-refractivity contribution is -0.146. The second kappa shape index (κ2) is 51.8. The Morgan fingerprint density at radius 1 is 0.444 bits per heavy atom. The monoisotopic (exact) mass is 1980 g/mol. The molecule has 6 saturated carbocycles. The summed E-state index contributed by atoms with van der Waals surface area (Å²) < 4.78 is 0. The average Bonchev–Trinajstić information content (AvgIpc) is 1.25. The van der Waals surface area contributed by atoms with Crippen molar-refractivity contribution in [1.82, 2.24) is 66.2 Å². The Morgan fingerprint density at radius 2 is 0.868 bits per heavy atom. The van der Waals surface area contributed by atoms with Gasteiger partial charge in [0, 0.05) is 123 Å². The van der Waals surface area contributed by atoms with Crippen molar-refractivity contribution >= 4 is 122 Å². The van der Waals surface area contributed by atoms with Gasteiger partial charge in [0.15, 0.2) is 34.7 Å². The number of Topliss-reactive ketones (excluding diaryl/α,β-unsaturated/α-hetero) is 8. The van der Waals surface area contributed by atoms with Gasteiger partial charge in [0.1, 0.15) is 41.2 Å². The molecule has 2 aromatic carbocycles. The first-order valence-corrected chi connectivity index (χ1v) is 53.1. The molecule has 14 atom stereocenters. The highest BCUT2D eigenvalue weighted by Gasteiger charge is 2.56. The molecule has 0 radical (unpaired) electrons. The van der Waals surface area contributed by atoms with E-state index in [4.69, 9.17) is 0 Å². The molecule has 6 aliphatic carbocycles. The van der Waals surface area contributed by atoms with Crippen LogP contribution in [0.1, 0.15) is 365 Å². The number of carbonyl (C=O) groups is 19. The van der Waals surface area contributed by atoms with Crippen molar-refractivity contribution in [2.45, 2.75) is 351 Å². The number of aromatic nitrogens is 5. The van der Waals surface area contributed by atoms with E-state index in [0.717, 1.165) is 139 Å². The van der Waals surface area contributed by atoms with Gasteiger partial charge in [0.25, 0.3) is 17.7 Å². The summed E-state index contributed by atoms with van der Waals surface area (Å²) in [6.45, 7) is 27.8. The van der Waals surface area contributed by atoms with Gasteiger partial charge in [0.05, 0.1) is 35.9 Å². The highest BCUT2D eigenvalue weighted by molar-refractivity contribution is 6.39. The molecule has 5 aliphatic heterocycles. The number of fused-ring (bicyclic) bond motifs is 2. The molecule has 11 amide bonds. The Bertz CT molecular complexity index is 5230. The lowest BCUT2D eigenvalue weighted by Gasteiger charge is -2.38. The van der Waals surface area contributed by atoms with Crippen molar-refractivity contribution in [3.05, 3.63) is 125 Å². The van der Waals surface area contributed by atoms with Crippen molar-refractivity contribution in [1.29, 1.82) is 0 Å². The number of aryl methyl sites for hydroxylation is 2. The van der Waals surface area contributed by atoms with Gasteiger partial charge in [-0.3, -0.25) is 122 Å². The van der Waals surface area contributed by atoms with Gasteiger partial charge in [-0.1, -0.05) is 178 Å². The Balaban J connectivity index is 0.000000195. The Kier molecular flexibility index (Phi) is 40.4. The van der Waals surface area contributed by atoms with Crippen LogP contribution in [0.3, 0.4) is 0 Å². The molecule has 3 aromatic heterocycles. The molecule has 4 saturated heterocycles. The summed E-state index contributed by atoms with van der Waals surface area (Å²) in [6.07, 6.45) is 29.9. The first kappa shape index (κ1) is 112. The largest absolute Gasteiger partial charge is 0.344 e. The van der Waals surface area contributed by atoms with Crippen LogP contribution in [0.5, 0.6) is 0 Å². The van der Waals surface area contributed by atoms with Crippen LogP contribution in [0, 0.1) is 95.7 Å². The molecule has 8 heterocycles. The Labute approximate surface area is 846 Å². The molecule has 778 valence electrons. The lowest BCUT2D eigenvalue weighted by atomic mass is 9.76. The summed E-state index contributed by atoms with van der Waals surface area (Å²) >= 11 is 0. The predicted octanol–water partition coefficient (Wildman–Crippen LogP) is 15.0. The summed E-state index contributed by atoms with van der Waals surface area (Å²) in [6, 6.07) is 10.6. The predicted molar refractivity (Wildman–Crippen MR) is 539 cm³/mol. The zero-order valence-electron chi connectivity index (χ0n) is 86.8. The molecule has 32 heteroatoms. The molecular weight excluding hydrogens is 1830 g/mol. The van der Waals surface area contributed by atoms with Gasteiger partial charge in [0.2, 0.25) is 58.8 Å². The summed E-state index contributed by atoms with van der Waals surface area (Å²) in [5.41, 5.74) is 1.55. The third kappa shape index (κ3) is 28.9. The molecule has 5 aromatic rings. The maximum Gasteiger partial charge on any atom is 0.270 e. The Hall–Kier alpha value is -11.9. The molecule has 2 unspecified atom stereocenters. The van der Waals surface area contributed by atoms with E-state index in [9.17, 15) is 91.1 Å². The summed E-state index contributed by atoms with van der Waals surface area (Å²) in [5, 5.41) is 14.6. The number of hydrogen-bond donors (Lipinski definition) is 5. The number of benzene rings is 2. The van der Waals surface area contributed by atoms with Crippen molar-refractivity contribution in [2.75, 3.05) is 13.1 Å². The highest BCUT2D eigenvalue weighted by Crippen LogP contribution is 2.48. The van der Waals surface area contributed by atoms with Crippen LogP contribution in [0.4, 0.5) is 0 Å². The minimum Gasteiger partial charge on any atom is -0.344 e. The van der Waals surface area contributed by atoms with Gasteiger partial charge in [-0.05, 0) is 204 Å². The van der Waals surface area contributed by atoms with Gasteiger partial charge >= 0.3 is 0 Å². The van der Waals surface area contributed by atoms with Crippen molar-refractivity contribution in [3.63, 3.8) is 0 Å². The minimum atomic E-state index is -0.948. The maximum absolute atomic E-state index is 14.7. The Morgan fingerprint density at radius 3 is 1.24 bits per heavy atom. The molecular formula is C112H151N13O19. The van der Waals surface area contributed by atoms with Gasteiger partial charge in [-0.25, -0.2) is 9.97 Å². The molecule has 16 rings (SSSR count). The normalized spacial score (nSPS) is 22.6. The number of nitrogens with zero attached hydrogens (tertiary/aromatic N) is 8. The minimum absolute atomic E-state index is 0.00513. The van der Waals surface area contributed by atoms with E-state index in [1.165, 1.54) is 18.6 Å². The van der Waals surface area contributed by atoms with E-state index in [1.807, 2.05) is 95.2 Å². The SMILES string of the molecule is CC.CC.CCC[C@@H](CC(=O)[C@@H]1[C@H]2CCC[C@H]2CN1C(=O)[C@@H](NC(=O)[C@@H](CC(=O)c1cnc(C)cn1)C1CCCCC1)C(C)(C)C)C(=O)C(=O)CC1CC1.CCC[C@@H](CC(=O)[C@@H]1[C@H]2CCC[C@H]2CN1C(=O)[C@@H](NC(=O)[C@@H](CC(=O)c1cnc(C)cn1)C1CCCCC1)C(C)(C)C)C(=O)C(=O)CC1CC1.O=C1CCC(N2C(=O)c3cccc4cccc(c34)C2=O)C(=O)N1.O=C1CCC(NC(=O)c2ccccn2)C(=O)N1. The number of rotatable bonds is 35. The van der Waals surface area contributed by atoms with Crippen LogP contribution < -0.4 is 26.6 Å². The zero-order valence-corrected chi connectivity index (χ0v) is 86.8. The van der Waals surface area contributed by atoms with E-state index in [-0.39, 0.29) is 181 Å². The number of ketones is 8. The summed E-state index contributed by atoms with van der Waals surface area (Å²) in [4.78, 5) is 274. The number of pyridine rings is 1. The molecule has 5 N–H and O–H groups in total. The maximum atomic E-state index is 14.7. The zero-order chi connectivity index (χ0) is 105. The lowest BCUT2D eigenvalue weighted by Crippen LogP contribution is -2.58. The molecule has 10 fully saturated rings. The van der Waals surface area contributed by atoms with E-state index < -0.39 is 112 Å². The van der Waals surface area contributed by atoms with E-state index in [0.29, 0.717) is 84.9 Å². The third-order valence-electron chi connectivity index (χ3n) is 30.4. The van der Waals surface area contributed by atoms with Crippen LogP contribution in [0.15, 0.2) is 85.6 Å².